The van der Waals surface area contributed by atoms with Gasteiger partial charge in [-0.05, 0) is 12.2 Å². The molecule has 80 valence electrons. The lowest BCUT2D eigenvalue weighted by Gasteiger charge is -2.09. The van der Waals surface area contributed by atoms with Gasteiger partial charge in [0.15, 0.2) is 6.10 Å². The Morgan fingerprint density at radius 2 is 2.06 bits per heavy atom. The van der Waals surface area contributed by atoms with Gasteiger partial charge in [0.2, 0.25) is 0 Å². The summed E-state index contributed by atoms with van der Waals surface area (Å²) in [6, 6.07) is 9.79. The molecule has 4 nitrogen and oxygen atoms in total. The van der Waals surface area contributed by atoms with E-state index in [9.17, 15) is 0 Å². The maximum atomic E-state index is 8.90. The minimum Gasteiger partial charge on any atom is -0.411 e. The van der Waals surface area contributed by atoms with Gasteiger partial charge in [0.1, 0.15) is 5.71 Å². The van der Waals surface area contributed by atoms with E-state index >= 15 is 0 Å². The minimum absolute atomic E-state index is 0.0765. The van der Waals surface area contributed by atoms with Crippen LogP contribution in [0.4, 0.5) is 0 Å². The van der Waals surface area contributed by atoms with E-state index in [2.05, 4.69) is 10.3 Å². The van der Waals surface area contributed by atoms with Crippen molar-refractivity contribution in [2.75, 3.05) is 0 Å². The van der Waals surface area contributed by atoms with Gasteiger partial charge >= 0.3 is 0 Å². The number of benzene rings is 1. The molecule has 0 bridgehead atoms. The summed E-state index contributed by atoms with van der Waals surface area (Å²) in [4.78, 5) is 5.29. The molecule has 1 N–H and O–H groups in total. The van der Waals surface area contributed by atoms with Crippen molar-refractivity contribution in [2.24, 2.45) is 16.2 Å². The fourth-order valence-corrected chi connectivity index (χ4v) is 2.08. The summed E-state index contributed by atoms with van der Waals surface area (Å²) in [5, 5.41) is 16.2. The molecule has 1 aromatic carbocycles. The van der Waals surface area contributed by atoms with Crippen molar-refractivity contribution in [3.8, 4) is 0 Å². The molecule has 2 atom stereocenters. The van der Waals surface area contributed by atoms with E-state index in [1.807, 2.05) is 36.4 Å². The van der Waals surface area contributed by atoms with Gasteiger partial charge in [-0.25, -0.2) is 0 Å². The molecule has 0 fully saturated rings. The Hall–Kier alpha value is -2.10. The first-order valence-electron chi connectivity index (χ1n) is 5.09. The molecule has 0 unspecified atom stereocenters. The van der Waals surface area contributed by atoms with Gasteiger partial charge in [-0.1, -0.05) is 40.6 Å². The van der Waals surface area contributed by atoms with E-state index in [0.29, 0.717) is 5.71 Å². The largest absolute Gasteiger partial charge is 0.411 e. The molecule has 0 spiro atoms. The van der Waals surface area contributed by atoms with Crippen molar-refractivity contribution in [3.63, 3.8) is 0 Å². The Morgan fingerprint density at radius 1 is 1.25 bits per heavy atom. The Labute approximate surface area is 92.5 Å². The Bertz CT molecular complexity index is 491. The molecule has 0 aromatic heterocycles. The van der Waals surface area contributed by atoms with Crippen molar-refractivity contribution in [1.82, 2.24) is 0 Å². The summed E-state index contributed by atoms with van der Waals surface area (Å²) in [5.41, 5.74) is 2.42. The van der Waals surface area contributed by atoms with Gasteiger partial charge in [0.25, 0.3) is 0 Å². The number of hydrogen-bond donors (Lipinski definition) is 1. The number of rotatable bonds is 1. The number of oxime groups is 2. The second kappa shape index (κ2) is 3.48. The van der Waals surface area contributed by atoms with Crippen LogP contribution in [0.25, 0.3) is 0 Å². The highest BCUT2D eigenvalue weighted by molar-refractivity contribution is 6.20. The van der Waals surface area contributed by atoms with Gasteiger partial charge in [0.05, 0.1) is 11.6 Å². The highest BCUT2D eigenvalue weighted by atomic mass is 16.6. The summed E-state index contributed by atoms with van der Waals surface area (Å²) < 4.78 is 0. The zero-order valence-electron chi connectivity index (χ0n) is 8.45. The predicted octanol–water partition coefficient (Wildman–Crippen LogP) is 1.81. The lowest BCUT2D eigenvalue weighted by atomic mass is 9.92. The highest BCUT2D eigenvalue weighted by Crippen LogP contribution is 2.30. The first-order chi connectivity index (χ1) is 7.90. The molecule has 16 heavy (non-hydrogen) atoms. The molecule has 0 amide bonds. The molecule has 0 saturated carbocycles. The lowest BCUT2D eigenvalue weighted by molar-refractivity contribution is 0.111. The average Bonchev–Trinajstić information content (AvgIpc) is 2.90. The minimum atomic E-state index is -0.124. The van der Waals surface area contributed by atoms with Gasteiger partial charge in [-0.2, -0.15) is 0 Å². The summed E-state index contributed by atoms with van der Waals surface area (Å²) in [5.74, 6) is -0.0765. The summed E-state index contributed by atoms with van der Waals surface area (Å²) >= 11 is 0. The Morgan fingerprint density at radius 3 is 2.81 bits per heavy atom. The van der Waals surface area contributed by atoms with Gasteiger partial charge in [-0.15, -0.1) is 0 Å². The zero-order valence-corrected chi connectivity index (χ0v) is 8.45. The SMILES string of the molecule is O/N=C1/C=C[C@H]2ON=C(c3ccccc3)[C@@H]12. The van der Waals surface area contributed by atoms with Gasteiger partial charge in [-0.3, -0.25) is 0 Å². The van der Waals surface area contributed by atoms with Crippen LogP contribution in [0.3, 0.4) is 0 Å². The third-order valence-corrected chi connectivity index (χ3v) is 2.86. The van der Waals surface area contributed by atoms with Crippen LogP contribution in [0.1, 0.15) is 5.56 Å². The van der Waals surface area contributed by atoms with E-state index in [1.54, 1.807) is 6.08 Å². The topological polar surface area (TPSA) is 54.2 Å². The second-order valence-electron chi connectivity index (χ2n) is 3.77. The zero-order chi connectivity index (χ0) is 11.0. The third-order valence-electron chi connectivity index (χ3n) is 2.86. The van der Waals surface area contributed by atoms with Gasteiger partial charge < -0.3 is 10.0 Å². The van der Waals surface area contributed by atoms with Crippen LogP contribution in [-0.4, -0.2) is 22.7 Å². The molecule has 1 heterocycles. The van der Waals surface area contributed by atoms with Crippen LogP contribution in [0.15, 0.2) is 52.8 Å². The number of allylic oxidation sites excluding steroid dienone is 1. The molecule has 3 rings (SSSR count). The Kier molecular flexibility index (Phi) is 1.99. The fraction of sp³-hybridized carbons (Fsp3) is 0.167. The summed E-state index contributed by atoms with van der Waals surface area (Å²) in [6.45, 7) is 0. The lowest BCUT2D eigenvalue weighted by Crippen LogP contribution is -2.25. The standard InChI is InChI=1S/C12H10N2O2/c15-13-9-6-7-10-11(9)12(14-16-10)8-4-2-1-3-5-8/h1-7,10-11,15H/b13-9-/t10-,11+/m1/s1. The van der Waals surface area contributed by atoms with Crippen LogP contribution in [0.5, 0.6) is 0 Å². The fourth-order valence-electron chi connectivity index (χ4n) is 2.08. The summed E-state index contributed by atoms with van der Waals surface area (Å²) in [7, 11) is 0. The van der Waals surface area contributed by atoms with Gasteiger partial charge in [0, 0.05) is 5.56 Å². The van der Waals surface area contributed by atoms with Crippen LogP contribution in [-0.2, 0) is 4.84 Å². The molecule has 4 heteroatoms. The van der Waals surface area contributed by atoms with E-state index in [1.165, 1.54) is 0 Å². The predicted molar refractivity (Wildman–Crippen MR) is 59.7 cm³/mol. The normalized spacial score (nSPS) is 29.0. The molecule has 0 radical (unpaired) electrons. The van der Waals surface area contributed by atoms with E-state index < -0.39 is 0 Å². The monoisotopic (exact) mass is 214 g/mol. The quantitative estimate of drug-likeness (QED) is 0.572. The molecule has 2 aliphatic rings. The number of fused-ring (bicyclic) bond motifs is 1. The molecule has 1 aromatic rings. The van der Waals surface area contributed by atoms with Crippen LogP contribution >= 0.6 is 0 Å². The van der Waals surface area contributed by atoms with E-state index in [0.717, 1.165) is 11.3 Å². The molecular formula is C12H10N2O2. The maximum absolute atomic E-state index is 8.90. The van der Waals surface area contributed by atoms with Crippen LogP contribution in [0.2, 0.25) is 0 Å². The van der Waals surface area contributed by atoms with Crippen LogP contribution < -0.4 is 0 Å². The number of hydrogen-bond acceptors (Lipinski definition) is 4. The Balaban J connectivity index is 1.99. The van der Waals surface area contributed by atoms with E-state index in [4.69, 9.17) is 10.0 Å². The average molecular weight is 214 g/mol. The molecule has 0 saturated heterocycles. The van der Waals surface area contributed by atoms with Crippen molar-refractivity contribution < 1.29 is 10.0 Å². The second-order valence-corrected chi connectivity index (χ2v) is 3.77. The third kappa shape index (κ3) is 1.23. The van der Waals surface area contributed by atoms with E-state index in [-0.39, 0.29) is 12.0 Å². The first kappa shape index (κ1) is 9.15. The molecule has 1 aliphatic carbocycles. The maximum Gasteiger partial charge on any atom is 0.160 e. The smallest absolute Gasteiger partial charge is 0.160 e. The van der Waals surface area contributed by atoms with Crippen molar-refractivity contribution in [3.05, 3.63) is 48.0 Å². The van der Waals surface area contributed by atoms with Crippen molar-refractivity contribution in [1.29, 1.82) is 0 Å². The summed E-state index contributed by atoms with van der Waals surface area (Å²) in [6.07, 6.45) is 3.51. The highest BCUT2D eigenvalue weighted by Gasteiger charge is 2.40. The molecular weight excluding hydrogens is 204 g/mol. The van der Waals surface area contributed by atoms with Crippen LogP contribution in [0, 0.1) is 5.92 Å². The molecule has 1 aliphatic heterocycles. The van der Waals surface area contributed by atoms with Crippen molar-refractivity contribution >= 4 is 11.4 Å². The van der Waals surface area contributed by atoms with Crippen molar-refractivity contribution in [2.45, 2.75) is 6.10 Å². The first-order valence-corrected chi connectivity index (χ1v) is 5.09. The number of nitrogens with zero attached hydrogens (tertiary/aromatic N) is 2.